The second-order valence-corrected chi connectivity index (χ2v) is 18.1. The summed E-state index contributed by atoms with van der Waals surface area (Å²) in [6.45, 7) is 0. The zero-order valence-electron chi connectivity index (χ0n) is 39.5. The third kappa shape index (κ3) is 7.25. The molecule has 0 fully saturated rings. The second kappa shape index (κ2) is 17.9. The number of para-hydroxylation sites is 4. The molecule has 10 aromatic carbocycles. The molecular weight excluding hydrogens is 905 g/mol. The van der Waals surface area contributed by atoms with Crippen LogP contribution >= 0.6 is 0 Å². The minimum atomic E-state index is 0.442. The molecule has 13 aromatic rings. The van der Waals surface area contributed by atoms with Crippen molar-refractivity contribution in [1.29, 1.82) is 15.8 Å². The highest BCUT2D eigenvalue weighted by atomic mass is 15.1. The van der Waals surface area contributed by atoms with Crippen molar-refractivity contribution in [2.24, 2.45) is 0 Å². The monoisotopic (exact) mass is 942 g/mol. The number of benzene rings is 10. The molecule has 0 bridgehead atoms. The van der Waals surface area contributed by atoms with E-state index in [-0.39, 0.29) is 0 Å². The maximum absolute atomic E-state index is 10.3. The molecule has 8 heteroatoms. The van der Waals surface area contributed by atoms with E-state index in [1.54, 1.807) is 0 Å². The normalized spacial score (nSPS) is 11.2. The molecule has 0 aliphatic rings. The topological polar surface area (TPSA) is 120 Å². The smallest absolute Gasteiger partial charge is 0.166 e. The van der Waals surface area contributed by atoms with E-state index in [9.17, 15) is 15.8 Å². The lowest BCUT2D eigenvalue weighted by atomic mass is 9.97. The summed E-state index contributed by atoms with van der Waals surface area (Å²) in [5, 5.41) is 34.7. The fourth-order valence-corrected chi connectivity index (χ4v) is 10.5. The number of fused-ring (bicyclic) bond motifs is 6. The first-order valence-corrected chi connectivity index (χ1v) is 24.2. The van der Waals surface area contributed by atoms with Crippen LogP contribution in [0.5, 0.6) is 0 Å². The molecule has 74 heavy (non-hydrogen) atoms. The Morgan fingerprint density at radius 1 is 0.284 bits per heavy atom. The van der Waals surface area contributed by atoms with E-state index in [1.165, 1.54) is 0 Å². The summed E-state index contributed by atoms with van der Waals surface area (Å²) in [6.07, 6.45) is 0. The highest BCUT2D eigenvalue weighted by molar-refractivity contribution is 6.11. The molecule has 342 valence electrons. The summed E-state index contributed by atoms with van der Waals surface area (Å²) < 4.78 is 4.55. The molecule has 0 atom stereocenters. The molecule has 0 amide bonds. The Morgan fingerprint density at radius 3 is 1.12 bits per heavy atom. The van der Waals surface area contributed by atoms with Gasteiger partial charge in [-0.15, -0.1) is 0 Å². The third-order valence-corrected chi connectivity index (χ3v) is 13.9. The molecule has 0 aliphatic heterocycles. The molecule has 3 heterocycles. The van der Waals surface area contributed by atoms with E-state index in [0.717, 1.165) is 105 Å². The number of rotatable bonds is 8. The third-order valence-electron chi connectivity index (χ3n) is 13.9. The van der Waals surface area contributed by atoms with Gasteiger partial charge in [0.15, 0.2) is 17.5 Å². The van der Waals surface area contributed by atoms with Crippen molar-refractivity contribution >= 4 is 43.6 Å². The van der Waals surface area contributed by atoms with Crippen LogP contribution < -0.4 is 0 Å². The zero-order chi connectivity index (χ0) is 49.7. The minimum absolute atomic E-state index is 0.442. The van der Waals surface area contributed by atoms with Crippen LogP contribution in [0.15, 0.2) is 231 Å². The van der Waals surface area contributed by atoms with E-state index < -0.39 is 0 Å². The maximum atomic E-state index is 10.3. The lowest BCUT2D eigenvalue weighted by Crippen LogP contribution is -2.06. The van der Waals surface area contributed by atoms with Crippen LogP contribution in [0, 0.1) is 34.0 Å². The standard InChI is InChI=1S/C66H38N8/c67-39-42-28-30-43(31-29-42)44-16-13-17-47(36-44)64-70-65(56-34-32-45(50-18-3-1-14-48(50)40-68)37-62(56)73-58-24-9-5-20-52(58)53-21-6-10-25-59(53)73)72-66(71-64)57-35-33-46(51-19-4-2-15-49(51)41-69)38-63(57)74-60-26-11-7-22-54(60)55-23-8-12-27-61(55)74/h1-38H. The largest absolute Gasteiger partial charge is 0.308 e. The van der Waals surface area contributed by atoms with Crippen molar-refractivity contribution in [1.82, 2.24) is 24.1 Å². The van der Waals surface area contributed by atoms with E-state index in [0.29, 0.717) is 34.2 Å². The molecule has 0 unspecified atom stereocenters. The zero-order valence-corrected chi connectivity index (χ0v) is 39.5. The fraction of sp³-hybridized carbons (Fsp3) is 0. The van der Waals surface area contributed by atoms with Gasteiger partial charge in [0.1, 0.15) is 0 Å². The molecule has 0 saturated heterocycles. The quantitative estimate of drug-likeness (QED) is 0.150. The lowest BCUT2D eigenvalue weighted by molar-refractivity contribution is 1.06. The number of nitriles is 3. The number of hydrogen-bond acceptors (Lipinski definition) is 6. The Balaban J connectivity index is 1.13. The van der Waals surface area contributed by atoms with Crippen LogP contribution in [0.1, 0.15) is 16.7 Å². The Labute approximate surface area is 425 Å². The van der Waals surface area contributed by atoms with Gasteiger partial charge in [0.2, 0.25) is 0 Å². The average Bonchev–Trinajstić information content (AvgIpc) is 4.00. The van der Waals surface area contributed by atoms with Gasteiger partial charge in [-0.25, -0.2) is 15.0 Å². The van der Waals surface area contributed by atoms with Crippen molar-refractivity contribution < 1.29 is 0 Å². The Hall–Kier alpha value is -10.7. The van der Waals surface area contributed by atoms with Crippen LogP contribution in [0.4, 0.5) is 0 Å². The molecule has 8 nitrogen and oxygen atoms in total. The number of hydrogen-bond donors (Lipinski definition) is 0. The predicted octanol–water partition coefficient (Wildman–Crippen LogP) is 15.7. The molecule has 0 aliphatic carbocycles. The highest BCUT2D eigenvalue weighted by Crippen LogP contribution is 2.42. The first-order chi connectivity index (χ1) is 36.6. The fourth-order valence-electron chi connectivity index (χ4n) is 10.5. The number of nitrogens with zero attached hydrogens (tertiary/aromatic N) is 8. The number of aromatic nitrogens is 5. The minimum Gasteiger partial charge on any atom is -0.308 e. The van der Waals surface area contributed by atoms with Crippen molar-refractivity contribution in [3.8, 4) is 97.1 Å². The predicted molar refractivity (Wildman–Crippen MR) is 295 cm³/mol. The van der Waals surface area contributed by atoms with Crippen LogP contribution in [0.2, 0.25) is 0 Å². The SMILES string of the molecule is N#Cc1ccc(-c2cccc(-c3nc(-c4ccc(-c5ccccc5C#N)cc4-n4c5ccccc5c5ccccc54)nc(-c4ccc(-c5ccccc5C#N)cc4-n4c5ccccc5c5ccccc54)n3)c2)cc1. The lowest BCUT2D eigenvalue weighted by Gasteiger charge is -2.18. The molecule has 0 spiro atoms. The first kappa shape index (κ1) is 43.3. The molecule has 13 rings (SSSR count). The van der Waals surface area contributed by atoms with Gasteiger partial charge in [0.25, 0.3) is 0 Å². The van der Waals surface area contributed by atoms with E-state index >= 15 is 0 Å². The summed E-state index contributed by atoms with van der Waals surface area (Å²) in [5.41, 5.74) is 14.9. The molecule has 0 saturated carbocycles. The summed E-state index contributed by atoms with van der Waals surface area (Å²) in [6, 6.07) is 84.2. The Bertz CT molecular complexity index is 4190. The summed E-state index contributed by atoms with van der Waals surface area (Å²) in [7, 11) is 0. The maximum Gasteiger partial charge on any atom is 0.166 e. The van der Waals surface area contributed by atoms with E-state index in [4.69, 9.17) is 15.0 Å². The van der Waals surface area contributed by atoms with Crippen molar-refractivity contribution in [2.45, 2.75) is 0 Å². The van der Waals surface area contributed by atoms with Gasteiger partial charge in [-0.1, -0.05) is 152 Å². The summed E-state index contributed by atoms with van der Waals surface area (Å²) in [4.78, 5) is 16.4. The van der Waals surface area contributed by atoms with Crippen molar-refractivity contribution in [3.05, 3.63) is 247 Å². The molecule has 0 N–H and O–H groups in total. The first-order valence-electron chi connectivity index (χ1n) is 24.2. The summed E-state index contributed by atoms with van der Waals surface area (Å²) >= 11 is 0. The molecule has 3 aromatic heterocycles. The van der Waals surface area contributed by atoms with Crippen LogP contribution in [-0.4, -0.2) is 24.1 Å². The Morgan fingerprint density at radius 2 is 0.676 bits per heavy atom. The van der Waals surface area contributed by atoms with Gasteiger partial charge in [-0.05, 0) is 112 Å². The van der Waals surface area contributed by atoms with E-state index in [2.05, 4.69) is 155 Å². The highest BCUT2D eigenvalue weighted by Gasteiger charge is 2.24. The van der Waals surface area contributed by atoms with Gasteiger partial charge >= 0.3 is 0 Å². The molecule has 0 radical (unpaired) electrons. The van der Waals surface area contributed by atoms with Gasteiger partial charge < -0.3 is 9.13 Å². The Kier molecular flexibility index (Phi) is 10.5. The van der Waals surface area contributed by atoms with Gasteiger partial charge in [0.05, 0.1) is 68.3 Å². The van der Waals surface area contributed by atoms with Crippen LogP contribution in [0.25, 0.3) is 123 Å². The van der Waals surface area contributed by atoms with Crippen molar-refractivity contribution in [2.75, 3.05) is 0 Å². The van der Waals surface area contributed by atoms with Crippen LogP contribution in [-0.2, 0) is 0 Å². The van der Waals surface area contributed by atoms with Gasteiger partial charge in [-0.3, -0.25) is 0 Å². The van der Waals surface area contributed by atoms with Crippen LogP contribution in [0.3, 0.4) is 0 Å². The second-order valence-electron chi connectivity index (χ2n) is 18.1. The summed E-state index contributed by atoms with van der Waals surface area (Å²) in [5.74, 6) is 1.34. The van der Waals surface area contributed by atoms with Gasteiger partial charge in [0, 0.05) is 38.2 Å². The average molecular weight is 943 g/mol. The van der Waals surface area contributed by atoms with Gasteiger partial charge in [-0.2, -0.15) is 15.8 Å². The molecular formula is C66H38N8. The van der Waals surface area contributed by atoms with Crippen molar-refractivity contribution in [3.63, 3.8) is 0 Å². The van der Waals surface area contributed by atoms with E-state index in [1.807, 2.05) is 103 Å².